The van der Waals surface area contributed by atoms with Crippen LogP contribution in [-0.2, 0) is 10.8 Å². The zero-order valence-corrected chi connectivity index (χ0v) is 61.7. The van der Waals surface area contributed by atoms with Gasteiger partial charge in [-0.15, -0.1) is 0 Å². The number of fused-ring (bicyclic) bond motifs is 7. The number of aromatic nitrogens is 1. The highest BCUT2D eigenvalue weighted by molar-refractivity contribution is 7.20. The second-order valence-corrected chi connectivity index (χ2v) is 37.9. The zero-order chi connectivity index (χ0) is 70.3. The number of hydrogen-bond acceptors (Lipinski definition) is 2. The van der Waals surface area contributed by atoms with Crippen LogP contribution in [0.4, 0.5) is 34.1 Å². The van der Waals surface area contributed by atoms with Gasteiger partial charge in [0.25, 0.3) is 6.71 Å². The fourth-order valence-electron chi connectivity index (χ4n) is 17.6. The van der Waals surface area contributed by atoms with Crippen LogP contribution in [0.1, 0.15) is 52.7 Å². The summed E-state index contributed by atoms with van der Waals surface area (Å²) in [6.07, 6.45) is 0. The van der Waals surface area contributed by atoms with Gasteiger partial charge in [0, 0.05) is 44.8 Å². The summed E-state index contributed by atoms with van der Waals surface area (Å²) in [6.45, 7) is 13.8. The minimum absolute atomic E-state index is 0.0753. The lowest BCUT2D eigenvalue weighted by atomic mass is 9.32. The van der Waals surface area contributed by atoms with Crippen molar-refractivity contribution in [3.05, 3.63) is 387 Å². The van der Waals surface area contributed by atoms with E-state index >= 15 is 0 Å². The predicted molar refractivity (Wildman–Crippen MR) is 450 cm³/mol. The maximum atomic E-state index is 2.69. The number of para-hydroxylation sites is 1. The number of nitrogens with zero attached hydrogens (tertiary/aromatic N) is 3. The normalized spacial score (nSPS) is 12.8. The molecule has 0 radical (unpaired) electrons. The first kappa shape index (κ1) is 64.3. The first-order valence-corrected chi connectivity index (χ1v) is 40.7. The van der Waals surface area contributed by atoms with Gasteiger partial charge in [0.2, 0.25) is 0 Å². The number of rotatable bonds is 13. The van der Waals surface area contributed by atoms with E-state index in [9.17, 15) is 0 Å². The van der Waals surface area contributed by atoms with E-state index in [1.165, 1.54) is 102 Å². The molecule has 0 saturated heterocycles. The van der Waals surface area contributed by atoms with E-state index in [0.29, 0.717) is 0 Å². The van der Waals surface area contributed by atoms with E-state index in [-0.39, 0.29) is 17.5 Å². The highest BCUT2D eigenvalue weighted by atomic mass is 28.3. The Morgan fingerprint density at radius 3 is 1.07 bits per heavy atom. The lowest BCUT2D eigenvalue weighted by Gasteiger charge is -2.46. The van der Waals surface area contributed by atoms with Gasteiger partial charge in [0.1, 0.15) is 0 Å². The van der Waals surface area contributed by atoms with Crippen LogP contribution >= 0.6 is 0 Å². The molecule has 2 aliphatic rings. The molecule has 3 nitrogen and oxygen atoms in total. The Balaban J connectivity index is 1.00. The predicted octanol–water partition coefficient (Wildman–Crippen LogP) is 17.6. The summed E-state index contributed by atoms with van der Waals surface area (Å²) in [5.74, 6) is 0. The van der Waals surface area contributed by atoms with E-state index in [1.807, 2.05) is 0 Å². The summed E-state index contributed by atoms with van der Waals surface area (Å²) >= 11 is 0. The van der Waals surface area contributed by atoms with E-state index in [2.05, 4.69) is 432 Å². The van der Waals surface area contributed by atoms with Gasteiger partial charge >= 0.3 is 0 Å². The smallest absolute Gasteiger partial charge is 0.252 e. The summed E-state index contributed by atoms with van der Waals surface area (Å²) in [5.41, 5.74) is 21.1. The SMILES string of the molecule is CC(C)(C)c1ccc2c(c1)c1cc(C(C)(C)C)ccc1n2-c1cc2c3c(c1)N(c1ccccc1-c1ccccc1)c1cccc(-c4ccccc4)c1B3c1cc([Si](c3ccccc3)(c3ccccc3)c3ccccc3)ccc1N2c1ccc([Si](c2ccccc2)(c2ccccc2)c2ccccc2)cc1. The van der Waals surface area contributed by atoms with E-state index in [4.69, 9.17) is 0 Å². The van der Waals surface area contributed by atoms with Gasteiger partial charge in [0.15, 0.2) is 16.1 Å². The molecule has 0 N–H and O–H groups in total. The van der Waals surface area contributed by atoms with Gasteiger partial charge in [-0.2, -0.15) is 0 Å². The maximum absolute atomic E-state index is 3.15. The monoisotopic (exact) mass is 1370 g/mol. The van der Waals surface area contributed by atoms with Crippen LogP contribution < -0.4 is 67.7 Å². The molecule has 15 aromatic carbocycles. The topological polar surface area (TPSA) is 11.4 Å². The Bertz CT molecular complexity index is 5590. The largest absolute Gasteiger partial charge is 0.311 e. The quantitative estimate of drug-likeness (QED) is 0.0842. The molecule has 16 aromatic rings. The zero-order valence-electron chi connectivity index (χ0n) is 59.7. The molecule has 498 valence electrons. The standard InChI is InChI=1S/C98H80BN3Si2/c1-97(2,3)71-54-61-89-85(64-71)86-65-72(98(4,5)6)55-62-90(86)101(89)74-66-93-96-94(67-74)102(88-52-32-31-50-83(88)69-34-15-7-16-35-69)92-53-33-51-84(70-36-17-8-18-37-70)95(92)99(96)87-68-82(104(78-44-25-12-26-45-78,79-46-27-13-28-47-79)80-48-29-14-30-49-80)60-63-91(87)100(93)73-56-58-81(59-57-73)103(75-38-19-9-20-39-75,76-40-21-10-22-41-76)77-42-23-11-24-43-77/h7-68H,1-6H3. The molecule has 0 saturated carbocycles. The van der Waals surface area contributed by atoms with E-state index in [0.717, 1.165) is 50.9 Å². The Labute approximate surface area is 614 Å². The molecule has 18 rings (SSSR count). The third-order valence-electron chi connectivity index (χ3n) is 22.4. The highest BCUT2D eigenvalue weighted by Crippen LogP contribution is 2.50. The van der Waals surface area contributed by atoms with Crippen LogP contribution in [-0.4, -0.2) is 27.4 Å². The number of anilines is 6. The first-order valence-electron chi connectivity index (χ1n) is 36.7. The lowest BCUT2D eigenvalue weighted by Crippen LogP contribution is -2.75. The number of benzene rings is 15. The average Bonchev–Trinajstić information content (AvgIpc) is 0.854. The number of hydrogen-bond donors (Lipinski definition) is 0. The molecular formula is C98H80BN3Si2. The molecular weight excluding hydrogens is 1290 g/mol. The molecule has 104 heavy (non-hydrogen) atoms. The molecule has 0 atom stereocenters. The lowest BCUT2D eigenvalue weighted by molar-refractivity contribution is 0.590. The Hall–Kier alpha value is -11.8. The highest BCUT2D eigenvalue weighted by Gasteiger charge is 2.49. The summed E-state index contributed by atoms with van der Waals surface area (Å²) in [5, 5.41) is 13.2. The van der Waals surface area contributed by atoms with Crippen LogP contribution in [0, 0.1) is 0 Å². The Kier molecular flexibility index (Phi) is 15.8. The van der Waals surface area contributed by atoms with Crippen molar-refractivity contribution >= 4 is 137 Å². The third kappa shape index (κ3) is 10.4. The van der Waals surface area contributed by atoms with Crippen molar-refractivity contribution in [2.24, 2.45) is 0 Å². The minimum atomic E-state index is -3.15. The minimum Gasteiger partial charge on any atom is -0.311 e. The van der Waals surface area contributed by atoms with Crippen LogP contribution in [0.15, 0.2) is 376 Å². The molecule has 1 aromatic heterocycles. The molecule has 6 heteroatoms. The molecule has 0 fully saturated rings. The second-order valence-electron chi connectivity index (χ2n) is 30.3. The van der Waals surface area contributed by atoms with Crippen LogP contribution in [0.25, 0.3) is 49.7 Å². The average molecular weight is 1370 g/mol. The fourth-order valence-corrected chi connectivity index (χ4v) is 27.1. The van der Waals surface area contributed by atoms with Gasteiger partial charge in [0.05, 0.1) is 22.4 Å². The molecule has 0 bridgehead atoms. The van der Waals surface area contributed by atoms with Crippen LogP contribution in [0.2, 0.25) is 0 Å². The van der Waals surface area contributed by atoms with Crippen LogP contribution in [0.5, 0.6) is 0 Å². The van der Waals surface area contributed by atoms with Gasteiger partial charge in [-0.05, 0) is 163 Å². The Morgan fingerprint density at radius 2 is 0.615 bits per heavy atom. The summed E-state index contributed by atoms with van der Waals surface area (Å²) in [7, 11) is -6.12. The second kappa shape index (κ2) is 25.6. The van der Waals surface area contributed by atoms with Crippen LogP contribution in [0.3, 0.4) is 0 Å². The Morgan fingerprint density at radius 1 is 0.250 bits per heavy atom. The van der Waals surface area contributed by atoms with E-state index in [1.54, 1.807) is 0 Å². The van der Waals surface area contributed by atoms with Crippen molar-refractivity contribution in [2.45, 2.75) is 52.4 Å². The van der Waals surface area contributed by atoms with Crippen molar-refractivity contribution in [2.75, 3.05) is 9.80 Å². The molecule has 3 heterocycles. The molecule has 0 aliphatic carbocycles. The van der Waals surface area contributed by atoms with Gasteiger partial charge in [-0.1, -0.05) is 351 Å². The first-order chi connectivity index (χ1) is 50.9. The third-order valence-corrected chi connectivity index (χ3v) is 32.0. The van der Waals surface area contributed by atoms with Gasteiger partial charge in [-0.25, -0.2) is 0 Å². The molecule has 0 unspecified atom stereocenters. The van der Waals surface area contributed by atoms with Gasteiger partial charge < -0.3 is 14.4 Å². The fraction of sp³-hybridized carbons (Fsp3) is 0.0816. The van der Waals surface area contributed by atoms with Crippen molar-refractivity contribution in [1.29, 1.82) is 0 Å². The van der Waals surface area contributed by atoms with E-state index < -0.39 is 16.1 Å². The summed E-state index contributed by atoms with van der Waals surface area (Å²) in [4.78, 5) is 5.31. The summed E-state index contributed by atoms with van der Waals surface area (Å²) < 4.78 is 2.59. The molecule has 0 amide bonds. The molecule has 0 spiro atoms. The molecule has 2 aliphatic heterocycles. The maximum Gasteiger partial charge on any atom is 0.252 e. The summed E-state index contributed by atoms with van der Waals surface area (Å²) in [6, 6.07) is 144. The van der Waals surface area contributed by atoms with Crippen molar-refractivity contribution in [1.82, 2.24) is 4.57 Å². The van der Waals surface area contributed by atoms with Gasteiger partial charge in [-0.3, -0.25) is 0 Å². The van der Waals surface area contributed by atoms with Crippen molar-refractivity contribution < 1.29 is 0 Å². The van der Waals surface area contributed by atoms with Crippen molar-refractivity contribution in [3.8, 4) is 27.9 Å². The van der Waals surface area contributed by atoms with Crippen molar-refractivity contribution in [3.63, 3.8) is 0 Å².